The molecule has 2 N–H and O–H groups in total. The third-order valence-electron chi connectivity index (χ3n) is 4.61. The Kier molecular flexibility index (Phi) is 4.13. The van der Waals surface area contributed by atoms with Crippen molar-refractivity contribution in [2.75, 3.05) is 39.1 Å². The number of nitrogens with two attached hydrogens (primary N) is 1. The van der Waals surface area contributed by atoms with Gasteiger partial charge in [0.1, 0.15) is 5.75 Å². The summed E-state index contributed by atoms with van der Waals surface area (Å²) in [5.41, 5.74) is 9.77. The van der Waals surface area contributed by atoms with E-state index < -0.39 is 0 Å². The van der Waals surface area contributed by atoms with Crippen molar-refractivity contribution in [1.82, 2.24) is 4.90 Å². The first-order chi connectivity index (χ1) is 9.79. The van der Waals surface area contributed by atoms with Gasteiger partial charge in [0.05, 0.1) is 20.3 Å². The highest BCUT2D eigenvalue weighted by Crippen LogP contribution is 2.34. The molecule has 1 aromatic carbocycles. The van der Waals surface area contributed by atoms with E-state index in [4.69, 9.17) is 15.2 Å². The largest absolute Gasteiger partial charge is 0.496 e. The van der Waals surface area contributed by atoms with E-state index in [2.05, 4.69) is 4.90 Å². The highest BCUT2D eigenvalue weighted by atomic mass is 16.5. The molecule has 1 aromatic rings. The molecule has 0 saturated carbocycles. The summed E-state index contributed by atoms with van der Waals surface area (Å²) in [4.78, 5) is 2.57. The van der Waals surface area contributed by atoms with Gasteiger partial charge in [-0.3, -0.25) is 4.90 Å². The number of morpholine rings is 1. The molecule has 0 aromatic heterocycles. The molecule has 1 aliphatic heterocycles. The minimum absolute atomic E-state index is 0.592. The van der Waals surface area contributed by atoms with Crippen LogP contribution in [0.1, 0.15) is 24.0 Å². The Morgan fingerprint density at radius 3 is 2.80 bits per heavy atom. The van der Waals surface area contributed by atoms with E-state index in [1.54, 1.807) is 7.11 Å². The molecule has 110 valence electrons. The van der Waals surface area contributed by atoms with Gasteiger partial charge in [-0.05, 0) is 48.9 Å². The van der Waals surface area contributed by atoms with Crippen LogP contribution in [0.25, 0.3) is 0 Å². The Morgan fingerprint density at radius 2 is 2.05 bits per heavy atom. The maximum Gasteiger partial charge on any atom is 0.122 e. The number of benzene rings is 1. The first kappa shape index (κ1) is 13.7. The Labute approximate surface area is 120 Å². The lowest BCUT2D eigenvalue weighted by molar-refractivity contribution is 0.0150. The summed E-state index contributed by atoms with van der Waals surface area (Å²) >= 11 is 0. The minimum atomic E-state index is 0.592. The summed E-state index contributed by atoms with van der Waals surface area (Å²) in [5.74, 6) is 0.997. The number of anilines is 1. The third kappa shape index (κ3) is 2.63. The first-order valence-electron chi connectivity index (χ1n) is 7.55. The number of rotatable bonds is 2. The van der Waals surface area contributed by atoms with Crippen LogP contribution >= 0.6 is 0 Å². The van der Waals surface area contributed by atoms with Gasteiger partial charge in [-0.2, -0.15) is 0 Å². The van der Waals surface area contributed by atoms with Crippen LogP contribution in [0, 0.1) is 0 Å². The zero-order chi connectivity index (χ0) is 13.9. The zero-order valence-electron chi connectivity index (χ0n) is 12.2. The van der Waals surface area contributed by atoms with Crippen molar-refractivity contribution in [2.45, 2.75) is 31.7 Å². The molecule has 3 rings (SSSR count). The number of ether oxygens (including phenoxy) is 2. The summed E-state index contributed by atoms with van der Waals surface area (Å²) in [7, 11) is 1.75. The second-order valence-electron chi connectivity index (χ2n) is 5.71. The fourth-order valence-corrected chi connectivity index (χ4v) is 3.50. The van der Waals surface area contributed by atoms with Crippen LogP contribution in [0.15, 0.2) is 12.1 Å². The summed E-state index contributed by atoms with van der Waals surface area (Å²) in [6, 6.07) is 4.58. The summed E-state index contributed by atoms with van der Waals surface area (Å²) < 4.78 is 11.0. The van der Waals surface area contributed by atoms with E-state index in [9.17, 15) is 0 Å². The number of methoxy groups -OCH3 is 1. The fourth-order valence-electron chi connectivity index (χ4n) is 3.50. The molecule has 1 atom stereocenters. The molecule has 20 heavy (non-hydrogen) atoms. The second kappa shape index (κ2) is 6.02. The van der Waals surface area contributed by atoms with Gasteiger partial charge in [-0.25, -0.2) is 0 Å². The SMILES string of the molecule is COc1ccc(N)c2c1CCCC(N1CCOCC1)C2. The standard InChI is InChI=1S/C16H24N2O2/c1-19-16-6-5-15(17)14-11-12(3-2-4-13(14)16)18-7-9-20-10-8-18/h5-6,12H,2-4,7-11,17H2,1H3. The Bertz CT molecular complexity index is 470. The topological polar surface area (TPSA) is 47.7 Å². The lowest BCUT2D eigenvalue weighted by atomic mass is 9.98. The number of nitrogen functional groups attached to an aromatic ring is 1. The van der Waals surface area contributed by atoms with Gasteiger partial charge in [-0.15, -0.1) is 0 Å². The van der Waals surface area contributed by atoms with Crippen molar-refractivity contribution in [1.29, 1.82) is 0 Å². The molecule has 1 fully saturated rings. The van der Waals surface area contributed by atoms with Crippen LogP contribution in [0.4, 0.5) is 5.69 Å². The van der Waals surface area contributed by atoms with E-state index in [0.29, 0.717) is 6.04 Å². The maximum atomic E-state index is 6.23. The van der Waals surface area contributed by atoms with E-state index in [-0.39, 0.29) is 0 Å². The Hall–Kier alpha value is -1.26. The molecule has 4 heteroatoms. The monoisotopic (exact) mass is 276 g/mol. The summed E-state index contributed by atoms with van der Waals surface area (Å²) in [6.07, 6.45) is 4.55. The van der Waals surface area contributed by atoms with E-state index in [1.165, 1.54) is 24.0 Å². The van der Waals surface area contributed by atoms with Crippen molar-refractivity contribution in [3.63, 3.8) is 0 Å². The molecule has 1 aliphatic carbocycles. The van der Waals surface area contributed by atoms with E-state index in [0.717, 1.165) is 50.6 Å². The van der Waals surface area contributed by atoms with Gasteiger partial charge in [0.2, 0.25) is 0 Å². The maximum absolute atomic E-state index is 6.23. The van der Waals surface area contributed by atoms with Gasteiger partial charge in [-0.1, -0.05) is 0 Å². The lowest BCUT2D eigenvalue weighted by Gasteiger charge is -2.34. The molecule has 1 heterocycles. The molecule has 1 saturated heterocycles. The van der Waals surface area contributed by atoms with Gasteiger partial charge < -0.3 is 15.2 Å². The molecule has 0 amide bonds. The Morgan fingerprint density at radius 1 is 1.25 bits per heavy atom. The number of nitrogens with zero attached hydrogens (tertiary/aromatic N) is 1. The van der Waals surface area contributed by atoms with Gasteiger partial charge in [0, 0.05) is 24.8 Å². The van der Waals surface area contributed by atoms with Crippen LogP contribution in [-0.2, 0) is 17.6 Å². The number of fused-ring (bicyclic) bond motifs is 1. The summed E-state index contributed by atoms with van der Waals surface area (Å²) in [6.45, 7) is 3.81. The predicted molar refractivity (Wildman–Crippen MR) is 80.2 cm³/mol. The van der Waals surface area contributed by atoms with Crippen LogP contribution in [0.5, 0.6) is 5.75 Å². The van der Waals surface area contributed by atoms with Crippen molar-refractivity contribution in [3.8, 4) is 5.75 Å². The minimum Gasteiger partial charge on any atom is -0.496 e. The molecular weight excluding hydrogens is 252 g/mol. The van der Waals surface area contributed by atoms with E-state index in [1.807, 2.05) is 12.1 Å². The quantitative estimate of drug-likeness (QED) is 0.661. The zero-order valence-corrected chi connectivity index (χ0v) is 12.2. The number of hydrogen-bond acceptors (Lipinski definition) is 4. The fraction of sp³-hybridized carbons (Fsp3) is 0.625. The highest BCUT2D eigenvalue weighted by molar-refractivity contribution is 5.57. The van der Waals surface area contributed by atoms with Crippen molar-refractivity contribution < 1.29 is 9.47 Å². The Balaban J connectivity index is 1.86. The average molecular weight is 276 g/mol. The van der Waals surface area contributed by atoms with Crippen molar-refractivity contribution >= 4 is 5.69 Å². The molecule has 2 aliphatic rings. The second-order valence-corrected chi connectivity index (χ2v) is 5.71. The van der Waals surface area contributed by atoms with Crippen LogP contribution in [0.2, 0.25) is 0 Å². The van der Waals surface area contributed by atoms with Gasteiger partial charge in [0.15, 0.2) is 0 Å². The number of hydrogen-bond donors (Lipinski definition) is 1. The predicted octanol–water partition coefficient (Wildman–Crippen LogP) is 1.86. The van der Waals surface area contributed by atoms with Crippen LogP contribution in [-0.4, -0.2) is 44.4 Å². The van der Waals surface area contributed by atoms with Gasteiger partial charge in [0.25, 0.3) is 0 Å². The van der Waals surface area contributed by atoms with Crippen molar-refractivity contribution in [2.24, 2.45) is 0 Å². The van der Waals surface area contributed by atoms with Crippen LogP contribution in [0.3, 0.4) is 0 Å². The highest BCUT2D eigenvalue weighted by Gasteiger charge is 2.26. The molecule has 0 bridgehead atoms. The lowest BCUT2D eigenvalue weighted by Crippen LogP contribution is -2.44. The molecule has 0 spiro atoms. The summed E-state index contributed by atoms with van der Waals surface area (Å²) in [5, 5.41) is 0. The average Bonchev–Trinajstić information content (AvgIpc) is 2.72. The smallest absolute Gasteiger partial charge is 0.122 e. The van der Waals surface area contributed by atoms with E-state index >= 15 is 0 Å². The molecule has 0 radical (unpaired) electrons. The normalized spacial score (nSPS) is 23.9. The molecule has 4 nitrogen and oxygen atoms in total. The van der Waals surface area contributed by atoms with Crippen molar-refractivity contribution in [3.05, 3.63) is 23.3 Å². The van der Waals surface area contributed by atoms with Crippen LogP contribution < -0.4 is 10.5 Å². The molecular formula is C16H24N2O2. The first-order valence-corrected chi connectivity index (χ1v) is 7.55. The van der Waals surface area contributed by atoms with Gasteiger partial charge >= 0.3 is 0 Å². The third-order valence-corrected chi connectivity index (χ3v) is 4.61. The molecule has 1 unspecified atom stereocenters.